The van der Waals surface area contributed by atoms with Crippen molar-refractivity contribution >= 4 is 48.6 Å². The smallest absolute Gasteiger partial charge is 0.317 e. The van der Waals surface area contributed by atoms with Crippen LogP contribution in [0.2, 0.25) is 0 Å². The number of carbonyl (C=O) groups is 1. The summed E-state index contributed by atoms with van der Waals surface area (Å²) in [6, 6.07) is 8.12. The van der Waals surface area contributed by atoms with Gasteiger partial charge in [-0.2, -0.15) is 0 Å². The zero-order chi connectivity index (χ0) is 15.5. The van der Waals surface area contributed by atoms with E-state index in [1.165, 1.54) is 4.70 Å². The van der Waals surface area contributed by atoms with Gasteiger partial charge in [-0.05, 0) is 12.1 Å². The first-order valence-corrected chi connectivity index (χ1v) is 8.71. The monoisotopic (exact) mass is 380 g/mol. The normalized spacial score (nSPS) is 15.1. The van der Waals surface area contributed by atoms with Gasteiger partial charge in [-0.3, -0.25) is 0 Å². The van der Waals surface area contributed by atoms with Crippen molar-refractivity contribution in [1.29, 1.82) is 0 Å². The molecule has 1 N–H and O–H groups in total. The van der Waals surface area contributed by atoms with Crippen LogP contribution in [0.15, 0.2) is 35.3 Å². The summed E-state index contributed by atoms with van der Waals surface area (Å²) in [5, 5.41) is 3.87. The number of nitrogens with one attached hydrogen (secondary N) is 1. The van der Waals surface area contributed by atoms with Crippen molar-refractivity contribution < 1.29 is 4.79 Å². The summed E-state index contributed by atoms with van der Waals surface area (Å²) in [7, 11) is 0. The standard InChI is InChI=1S/C15H17BrN4OS/c1-11(16)10-17-14(21)19-6-8-20(9-7-19)15-18-12-4-2-3-5-13(12)22-15/h2-5H,1,6-10H2,(H,17,21). The van der Waals surface area contributed by atoms with Crippen LogP contribution in [-0.2, 0) is 0 Å². The van der Waals surface area contributed by atoms with Crippen LogP contribution in [0.25, 0.3) is 10.2 Å². The maximum atomic E-state index is 12.0. The first kappa shape index (κ1) is 15.3. The van der Waals surface area contributed by atoms with Crippen LogP contribution in [0.3, 0.4) is 0 Å². The molecule has 2 heterocycles. The Kier molecular flexibility index (Phi) is 4.63. The quantitative estimate of drug-likeness (QED) is 0.889. The third kappa shape index (κ3) is 3.41. The second-order valence-electron chi connectivity index (χ2n) is 5.11. The molecule has 0 aliphatic carbocycles. The highest BCUT2D eigenvalue weighted by molar-refractivity contribution is 9.11. The number of carbonyl (C=O) groups excluding carboxylic acids is 1. The van der Waals surface area contributed by atoms with Gasteiger partial charge in [0.2, 0.25) is 0 Å². The summed E-state index contributed by atoms with van der Waals surface area (Å²) in [6.45, 7) is 7.19. The lowest BCUT2D eigenvalue weighted by Crippen LogP contribution is -2.52. The van der Waals surface area contributed by atoms with Crippen LogP contribution < -0.4 is 10.2 Å². The number of nitrogens with zero attached hydrogens (tertiary/aromatic N) is 3. The second kappa shape index (κ2) is 6.66. The summed E-state index contributed by atoms with van der Waals surface area (Å²) in [4.78, 5) is 20.8. The van der Waals surface area contributed by atoms with E-state index in [0.717, 1.165) is 28.2 Å². The lowest BCUT2D eigenvalue weighted by Gasteiger charge is -2.34. The van der Waals surface area contributed by atoms with Gasteiger partial charge < -0.3 is 15.1 Å². The van der Waals surface area contributed by atoms with Crippen molar-refractivity contribution in [2.45, 2.75) is 0 Å². The van der Waals surface area contributed by atoms with Crippen molar-refractivity contribution in [2.24, 2.45) is 0 Å². The predicted molar refractivity (Wildman–Crippen MR) is 94.9 cm³/mol. The van der Waals surface area contributed by atoms with Crippen molar-refractivity contribution in [3.8, 4) is 0 Å². The van der Waals surface area contributed by atoms with Gasteiger partial charge in [0.25, 0.3) is 0 Å². The largest absolute Gasteiger partial charge is 0.345 e. The van der Waals surface area contributed by atoms with Crippen molar-refractivity contribution in [1.82, 2.24) is 15.2 Å². The van der Waals surface area contributed by atoms with Crippen LogP contribution in [0.5, 0.6) is 0 Å². The van der Waals surface area contributed by atoms with E-state index in [-0.39, 0.29) is 6.03 Å². The molecular weight excluding hydrogens is 364 g/mol. The number of anilines is 1. The molecule has 0 radical (unpaired) electrons. The molecule has 0 saturated carbocycles. The molecule has 1 aromatic carbocycles. The van der Waals surface area contributed by atoms with Crippen molar-refractivity contribution in [2.75, 3.05) is 37.6 Å². The number of thiazole rings is 1. The maximum absolute atomic E-state index is 12.0. The summed E-state index contributed by atoms with van der Waals surface area (Å²) in [5.41, 5.74) is 1.04. The molecule has 1 saturated heterocycles. The van der Waals surface area contributed by atoms with E-state index >= 15 is 0 Å². The molecule has 0 unspecified atom stereocenters. The Hall–Kier alpha value is -1.60. The number of urea groups is 1. The predicted octanol–water partition coefficient (Wildman–Crippen LogP) is 3.04. The molecule has 1 aromatic heterocycles. The summed E-state index contributed by atoms with van der Waals surface area (Å²) >= 11 is 4.95. The number of rotatable bonds is 3. The zero-order valence-electron chi connectivity index (χ0n) is 12.1. The van der Waals surface area contributed by atoms with Crippen LogP contribution in [0, 0.1) is 0 Å². The first-order valence-electron chi connectivity index (χ1n) is 7.10. The van der Waals surface area contributed by atoms with Crippen LogP contribution in [0.4, 0.5) is 9.93 Å². The minimum absolute atomic E-state index is 0.0375. The van der Waals surface area contributed by atoms with Gasteiger partial charge >= 0.3 is 6.03 Å². The van der Waals surface area contributed by atoms with E-state index in [1.54, 1.807) is 11.3 Å². The number of hydrogen-bond acceptors (Lipinski definition) is 4. The topological polar surface area (TPSA) is 48.5 Å². The molecular formula is C15H17BrN4OS. The molecule has 116 valence electrons. The summed E-state index contributed by atoms with van der Waals surface area (Å²) < 4.78 is 1.97. The van der Waals surface area contributed by atoms with Crippen LogP contribution >= 0.6 is 27.3 Å². The van der Waals surface area contributed by atoms with Crippen molar-refractivity contribution in [3.63, 3.8) is 0 Å². The van der Waals surface area contributed by atoms with E-state index < -0.39 is 0 Å². The second-order valence-corrected chi connectivity index (χ2v) is 7.24. The van der Waals surface area contributed by atoms with Gasteiger partial charge in [0.05, 0.1) is 16.8 Å². The molecule has 1 fully saturated rings. The lowest BCUT2D eigenvalue weighted by molar-refractivity contribution is 0.195. The molecule has 0 atom stereocenters. The molecule has 1 aliphatic heterocycles. The molecule has 1 aliphatic rings. The Morgan fingerprint density at radius 2 is 2.05 bits per heavy atom. The Balaban J connectivity index is 1.59. The summed E-state index contributed by atoms with van der Waals surface area (Å²) in [5.74, 6) is 0. The third-order valence-electron chi connectivity index (χ3n) is 3.55. The van der Waals surface area contributed by atoms with Gasteiger partial charge in [-0.25, -0.2) is 9.78 Å². The fourth-order valence-electron chi connectivity index (χ4n) is 2.38. The Bertz CT molecular complexity index is 661. The number of piperazine rings is 1. The number of amides is 2. The van der Waals surface area contributed by atoms with Crippen molar-refractivity contribution in [3.05, 3.63) is 35.3 Å². The van der Waals surface area contributed by atoms with E-state index in [4.69, 9.17) is 0 Å². The van der Waals surface area contributed by atoms with E-state index in [1.807, 2.05) is 23.1 Å². The highest BCUT2D eigenvalue weighted by Crippen LogP contribution is 2.29. The number of para-hydroxylation sites is 1. The van der Waals surface area contributed by atoms with E-state index in [0.29, 0.717) is 19.6 Å². The van der Waals surface area contributed by atoms with Gasteiger partial charge in [0.1, 0.15) is 0 Å². The van der Waals surface area contributed by atoms with Gasteiger partial charge in [-0.15, -0.1) is 0 Å². The zero-order valence-corrected chi connectivity index (χ0v) is 14.5. The van der Waals surface area contributed by atoms with Crippen LogP contribution in [0.1, 0.15) is 0 Å². The molecule has 22 heavy (non-hydrogen) atoms. The lowest BCUT2D eigenvalue weighted by atomic mass is 10.3. The number of hydrogen-bond donors (Lipinski definition) is 1. The fraction of sp³-hybridized carbons (Fsp3) is 0.333. The molecule has 5 nitrogen and oxygen atoms in total. The van der Waals surface area contributed by atoms with Gasteiger partial charge in [0.15, 0.2) is 5.13 Å². The number of aromatic nitrogens is 1. The number of fused-ring (bicyclic) bond motifs is 1. The average Bonchev–Trinajstić information content (AvgIpc) is 2.96. The number of halogens is 1. The minimum atomic E-state index is -0.0375. The molecule has 7 heteroatoms. The Morgan fingerprint density at radius 1 is 1.32 bits per heavy atom. The highest BCUT2D eigenvalue weighted by atomic mass is 79.9. The first-order chi connectivity index (χ1) is 10.6. The molecule has 3 rings (SSSR count). The maximum Gasteiger partial charge on any atom is 0.317 e. The molecule has 0 bridgehead atoms. The Labute approximate surface area is 141 Å². The third-order valence-corrected chi connectivity index (χ3v) is 4.93. The highest BCUT2D eigenvalue weighted by Gasteiger charge is 2.22. The molecule has 2 amide bonds. The van der Waals surface area contributed by atoms with Gasteiger partial charge in [-0.1, -0.05) is 46.0 Å². The Morgan fingerprint density at radius 3 is 2.73 bits per heavy atom. The molecule has 2 aromatic rings. The summed E-state index contributed by atoms with van der Waals surface area (Å²) in [6.07, 6.45) is 0. The van der Waals surface area contributed by atoms with E-state index in [2.05, 4.69) is 43.8 Å². The average molecular weight is 381 g/mol. The fourth-order valence-corrected chi connectivity index (χ4v) is 3.54. The number of benzene rings is 1. The SMILES string of the molecule is C=C(Br)CNC(=O)N1CCN(c2nc3ccccc3s2)CC1. The van der Waals surface area contributed by atoms with E-state index in [9.17, 15) is 4.79 Å². The van der Waals surface area contributed by atoms with Gasteiger partial charge in [0, 0.05) is 30.7 Å². The minimum Gasteiger partial charge on any atom is -0.345 e. The molecule has 0 spiro atoms. The van der Waals surface area contributed by atoms with Crippen LogP contribution in [-0.4, -0.2) is 48.6 Å².